The number of rotatable bonds is 10. The first-order chi connectivity index (χ1) is 21.4. The number of hydrogen-bond acceptors (Lipinski definition) is 10. The van der Waals surface area contributed by atoms with Crippen LogP contribution in [-0.2, 0) is 9.59 Å². The average Bonchev–Trinajstić information content (AvgIpc) is 3.58. The van der Waals surface area contributed by atoms with Gasteiger partial charge in [0.05, 0.1) is 42.2 Å². The van der Waals surface area contributed by atoms with Crippen LogP contribution in [0.25, 0.3) is 16.0 Å². The van der Waals surface area contributed by atoms with Gasteiger partial charge >= 0.3 is 5.91 Å². The number of anilines is 1. The third-order valence-electron chi connectivity index (χ3n) is 7.39. The molecule has 1 N–H and O–H groups in total. The molecule has 1 amide bonds. The maximum atomic E-state index is 13.8. The number of methoxy groups -OCH3 is 1. The van der Waals surface area contributed by atoms with E-state index < -0.39 is 17.7 Å². The molecule has 1 saturated heterocycles. The normalized spacial score (nSPS) is 17.2. The summed E-state index contributed by atoms with van der Waals surface area (Å²) >= 11 is 1.25. The zero-order chi connectivity index (χ0) is 30.8. The smallest absolute Gasteiger partial charge is 0.301 e. The molecular weight excluding hydrogens is 584 g/mol. The Morgan fingerprint density at radius 3 is 2.59 bits per heavy atom. The highest BCUT2D eigenvalue weighted by Gasteiger charge is 2.48. The minimum absolute atomic E-state index is 0.0781. The van der Waals surface area contributed by atoms with Crippen LogP contribution in [0.5, 0.6) is 28.7 Å². The molecule has 6 rings (SSSR count). The number of nitrogens with zero attached hydrogens (tertiary/aromatic N) is 2. The lowest BCUT2D eigenvalue weighted by atomic mass is 9.95. The predicted octanol–water partition coefficient (Wildman–Crippen LogP) is 6.28. The van der Waals surface area contributed by atoms with Gasteiger partial charge in [-0.15, -0.1) is 0 Å². The number of ketones is 1. The van der Waals surface area contributed by atoms with Crippen molar-refractivity contribution in [3.63, 3.8) is 0 Å². The Kier molecular flexibility index (Phi) is 8.30. The highest BCUT2D eigenvalue weighted by Crippen LogP contribution is 2.46. The maximum absolute atomic E-state index is 13.8. The summed E-state index contributed by atoms with van der Waals surface area (Å²) in [6, 6.07) is 14.6. The number of carbonyl (C=O) groups excluding carboxylic acids is 2. The number of carbonyl (C=O) groups is 2. The lowest BCUT2D eigenvalue weighted by Gasteiger charge is -2.24. The van der Waals surface area contributed by atoms with Gasteiger partial charge in [0, 0.05) is 5.56 Å². The summed E-state index contributed by atoms with van der Waals surface area (Å²) in [6.07, 6.45) is 1.86. The molecule has 1 fully saturated rings. The van der Waals surface area contributed by atoms with Crippen LogP contribution < -0.4 is 28.6 Å². The molecule has 3 heterocycles. The Morgan fingerprint density at radius 1 is 1.00 bits per heavy atom. The van der Waals surface area contributed by atoms with E-state index in [1.54, 1.807) is 55.6 Å². The first-order valence-corrected chi connectivity index (χ1v) is 15.3. The van der Waals surface area contributed by atoms with Crippen molar-refractivity contribution in [2.45, 2.75) is 32.7 Å². The SMILES string of the molecule is CCCCOc1ccc(C2/C(=C(/O)c3ccc4c(c3)OCCO4)C(=O)C(=O)N2c2nc3ccc(OC)cc3s2)cc1OCC. The molecule has 0 aliphatic carbocycles. The molecule has 10 nitrogen and oxygen atoms in total. The molecule has 4 aromatic rings. The Labute approximate surface area is 258 Å². The van der Waals surface area contributed by atoms with Crippen LogP contribution in [0, 0.1) is 0 Å². The van der Waals surface area contributed by atoms with Crippen molar-refractivity contribution in [3.05, 3.63) is 71.3 Å². The maximum Gasteiger partial charge on any atom is 0.301 e. The van der Waals surface area contributed by atoms with Gasteiger partial charge in [0.25, 0.3) is 5.78 Å². The Hall–Kier alpha value is -4.77. The van der Waals surface area contributed by atoms with Crippen molar-refractivity contribution in [2.75, 3.05) is 38.4 Å². The largest absolute Gasteiger partial charge is 0.507 e. The quantitative estimate of drug-likeness (QED) is 0.0951. The van der Waals surface area contributed by atoms with Gasteiger partial charge in [-0.2, -0.15) is 0 Å². The molecule has 0 saturated carbocycles. The second kappa shape index (κ2) is 12.5. The number of unbranched alkanes of at least 4 members (excludes halogenated alkanes) is 1. The number of aliphatic hydroxyl groups excluding tert-OH is 1. The van der Waals surface area contributed by atoms with Crippen LogP contribution in [0.2, 0.25) is 0 Å². The summed E-state index contributed by atoms with van der Waals surface area (Å²) in [5, 5.41) is 12.0. The van der Waals surface area contributed by atoms with Gasteiger partial charge in [0.1, 0.15) is 24.7 Å². The van der Waals surface area contributed by atoms with E-state index in [9.17, 15) is 14.7 Å². The van der Waals surface area contributed by atoms with E-state index in [0.29, 0.717) is 77.0 Å². The molecule has 44 heavy (non-hydrogen) atoms. The zero-order valence-electron chi connectivity index (χ0n) is 24.6. The van der Waals surface area contributed by atoms with E-state index in [1.807, 2.05) is 13.0 Å². The van der Waals surface area contributed by atoms with Gasteiger partial charge in [-0.3, -0.25) is 14.5 Å². The first-order valence-electron chi connectivity index (χ1n) is 14.5. The molecular formula is C33H32N2O8S. The van der Waals surface area contributed by atoms with E-state index in [1.165, 1.54) is 16.2 Å². The monoisotopic (exact) mass is 616 g/mol. The van der Waals surface area contributed by atoms with Crippen molar-refractivity contribution in [1.29, 1.82) is 0 Å². The molecule has 1 unspecified atom stereocenters. The van der Waals surface area contributed by atoms with Crippen LogP contribution >= 0.6 is 11.3 Å². The Morgan fingerprint density at radius 2 is 1.82 bits per heavy atom. The van der Waals surface area contributed by atoms with Crippen LogP contribution in [0.3, 0.4) is 0 Å². The minimum Gasteiger partial charge on any atom is -0.507 e. The number of ether oxygens (including phenoxy) is 5. The van der Waals surface area contributed by atoms with Gasteiger partial charge < -0.3 is 28.8 Å². The molecule has 3 aromatic carbocycles. The fourth-order valence-electron chi connectivity index (χ4n) is 5.22. The minimum atomic E-state index is -1.01. The third kappa shape index (κ3) is 5.39. The Balaban J connectivity index is 1.51. The molecule has 228 valence electrons. The number of aromatic nitrogens is 1. The highest BCUT2D eigenvalue weighted by atomic mass is 32.1. The molecule has 2 aliphatic rings. The van der Waals surface area contributed by atoms with E-state index in [4.69, 9.17) is 28.7 Å². The number of thiazole rings is 1. The van der Waals surface area contributed by atoms with Gasteiger partial charge in [-0.25, -0.2) is 4.98 Å². The van der Waals surface area contributed by atoms with E-state index in [-0.39, 0.29) is 11.3 Å². The van der Waals surface area contributed by atoms with Crippen LogP contribution in [-0.4, -0.2) is 55.3 Å². The molecule has 1 atom stereocenters. The van der Waals surface area contributed by atoms with Gasteiger partial charge in [0.2, 0.25) is 0 Å². The van der Waals surface area contributed by atoms with Crippen LogP contribution in [0.1, 0.15) is 43.9 Å². The van der Waals surface area contributed by atoms with Crippen LogP contribution in [0.15, 0.2) is 60.2 Å². The summed E-state index contributed by atoms with van der Waals surface area (Å²) < 4.78 is 29.4. The van der Waals surface area contributed by atoms with Crippen molar-refractivity contribution in [3.8, 4) is 28.7 Å². The molecule has 0 radical (unpaired) electrons. The standard InChI is InChI=1S/C33H32N2O8S/c1-4-6-13-41-23-11-7-19(16-25(23)40-5-2)29-28(30(36)20-8-12-24-26(17-20)43-15-14-42-24)31(37)32(38)35(29)33-34-22-10-9-21(39-3)18-27(22)44-33/h7-12,16-18,29,36H,4-6,13-15H2,1-3H3/b30-28-. The van der Waals surface area contributed by atoms with Crippen LogP contribution in [0.4, 0.5) is 5.13 Å². The predicted molar refractivity (Wildman–Crippen MR) is 166 cm³/mol. The summed E-state index contributed by atoms with van der Waals surface area (Å²) in [5.41, 5.74) is 1.43. The second-order valence-corrected chi connectivity index (χ2v) is 11.2. The number of hydrogen-bond donors (Lipinski definition) is 1. The topological polar surface area (TPSA) is 117 Å². The van der Waals surface area contributed by atoms with Crippen molar-refractivity contribution < 1.29 is 38.4 Å². The molecule has 2 aliphatic heterocycles. The van der Waals surface area contributed by atoms with E-state index in [2.05, 4.69) is 6.92 Å². The van der Waals surface area contributed by atoms with Crippen molar-refractivity contribution in [1.82, 2.24) is 4.98 Å². The van der Waals surface area contributed by atoms with E-state index >= 15 is 0 Å². The lowest BCUT2D eigenvalue weighted by molar-refractivity contribution is -0.132. The fourth-order valence-corrected chi connectivity index (χ4v) is 6.24. The Bertz CT molecular complexity index is 1760. The summed E-state index contributed by atoms with van der Waals surface area (Å²) in [5.74, 6) is 0.677. The number of fused-ring (bicyclic) bond motifs is 2. The molecule has 0 bridgehead atoms. The average molecular weight is 617 g/mol. The molecule has 11 heteroatoms. The fraction of sp³-hybridized carbons (Fsp3) is 0.303. The molecule has 0 spiro atoms. The van der Waals surface area contributed by atoms with Gasteiger partial charge in [-0.05, 0) is 67.4 Å². The highest BCUT2D eigenvalue weighted by molar-refractivity contribution is 7.22. The number of Topliss-reactive ketones (excluding diaryl/α,β-unsaturated/α-hetero) is 1. The second-order valence-electron chi connectivity index (χ2n) is 10.2. The molecule has 1 aromatic heterocycles. The summed E-state index contributed by atoms with van der Waals surface area (Å²) in [6.45, 7) is 5.62. The number of aliphatic hydroxyl groups is 1. The number of amides is 1. The summed E-state index contributed by atoms with van der Waals surface area (Å²) in [7, 11) is 1.57. The summed E-state index contributed by atoms with van der Waals surface area (Å²) in [4.78, 5) is 33.6. The number of benzene rings is 3. The third-order valence-corrected chi connectivity index (χ3v) is 8.41. The van der Waals surface area contributed by atoms with Gasteiger partial charge in [-0.1, -0.05) is 30.7 Å². The van der Waals surface area contributed by atoms with E-state index in [0.717, 1.165) is 17.5 Å². The van der Waals surface area contributed by atoms with Gasteiger partial charge in [0.15, 0.2) is 28.1 Å². The van der Waals surface area contributed by atoms with Crippen molar-refractivity contribution in [2.24, 2.45) is 0 Å². The lowest BCUT2D eigenvalue weighted by Crippen LogP contribution is -2.29. The first kappa shape index (κ1) is 29.3. The van der Waals surface area contributed by atoms with Crippen molar-refractivity contribution >= 4 is 44.1 Å². The zero-order valence-corrected chi connectivity index (χ0v) is 25.4.